The lowest BCUT2D eigenvalue weighted by Crippen LogP contribution is -2.57. The van der Waals surface area contributed by atoms with E-state index in [1.54, 1.807) is 0 Å². The van der Waals surface area contributed by atoms with Crippen LogP contribution in [0.4, 0.5) is 13.2 Å². The smallest absolute Gasteiger partial charge is 0.428 e. The molecule has 2 atom stereocenters. The lowest BCUT2D eigenvalue weighted by Gasteiger charge is -2.33. The van der Waals surface area contributed by atoms with E-state index in [0.29, 0.717) is 0 Å². The van der Waals surface area contributed by atoms with Crippen molar-refractivity contribution in [2.45, 2.75) is 32.0 Å². The second kappa shape index (κ2) is 4.22. The quantitative estimate of drug-likeness (QED) is 0.720. The van der Waals surface area contributed by atoms with Crippen LogP contribution in [0.25, 0.3) is 0 Å². The fourth-order valence-corrected chi connectivity index (χ4v) is 1.47. The van der Waals surface area contributed by atoms with E-state index in [0.717, 1.165) is 0 Å². The molecular weight excluding hydrogens is 213 g/mol. The Morgan fingerprint density at radius 1 is 1.47 bits per heavy atom. The van der Waals surface area contributed by atoms with Crippen LogP contribution in [-0.4, -0.2) is 28.0 Å². The maximum absolute atomic E-state index is 12.5. The molecular formula is C9H13F3O3. The predicted molar refractivity (Wildman–Crippen MR) is 47.2 cm³/mol. The molecule has 0 saturated carbocycles. The summed E-state index contributed by atoms with van der Waals surface area (Å²) >= 11 is 0. The van der Waals surface area contributed by atoms with Crippen molar-refractivity contribution >= 4 is 5.97 Å². The van der Waals surface area contributed by atoms with Crippen LogP contribution in [0.2, 0.25) is 0 Å². The van der Waals surface area contributed by atoms with Crippen molar-refractivity contribution in [1.82, 2.24) is 0 Å². The van der Waals surface area contributed by atoms with Gasteiger partial charge in [-0.25, -0.2) is 4.79 Å². The summed E-state index contributed by atoms with van der Waals surface area (Å²) in [5.41, 5.74) is -3.77. The Hall–Kier alpha value is -1.04. The van der Waals surface area contributed by atoms with Gasteiger partial charge < -0.3 is 10.2 Å². The molecule has 0 aromatic carbocycles. The number of rotatable bonds is 4. The van der Waals surface area contributed by atoms with Crippen LogP contribution in [0.3, 0.4) is 0 Å². The summed E-state index contributed by atoms with van der Waals surface area (Å²) < 4.78 is 37.4. The zero-order valence-corrected chi connectivity index (χ0v) is 8.43. The SMILES string of the molecule is C=C(C)C(CC)C(O)(C(=O)O)C(F)(F)F. The number of alkyl halides is 3. The molecule has 0 radical (unpaired) electrons. The monoisotopic (exact) mass is 226 g/mol. The van der Waals surface area contributed by atoms with E-state index >= 15 is 0 Å². The molecule has 3 nitrogen and oxygen atoms in total. The Bertz CT molecular complexity index is 272. The summed E-state index contributed by atoms with van der Waals surface area (Å²) in [7, 11) is 0. The first-order chi connectivity index (χ1) is 6.59. The molecule has 0 heterocycles. The minimum atomic E-state index is -5.22. The third-order valence-electron chi connectivity index (χ3n) is 2.27. The first kappa shape index (κ1) is 14.0. The van der Waals surface area contributed by atoms with Gasteiger partial charge >= 0.3 is 12.1 Å². The first-order valence-electron chi connectivity index (χ1n) is 4.26. The topological polar surface area (TPSA) is 57.5 Å². The number of aliphatic hydroxyl groups is 1. The van der Waals surface area contributed by atoms with Crippen molar-refractivity contribution in [3.63, 3.8) is 0 Å². The van der Waals surface area contributed by atoms with Crippen LogP contribution in [0, 0.1) is 5.92 Å². The summed E-state index contributed by atoms with van der Waals surface area (Å²) in [4.78, 5) is 10.6. The van der Waals surface area contributed by atoms with Gasteiger partial charge in [0.15, 0.2) is 0 Å². The van der Waals surface area contributed by atoms with Gasteiger partial charge in [0, 0.05) is 5.92 Å². The minimum Gasteiger partial charge on any atom is -0.479 e. The maximum atomic E-state index is 12.5. The molecule has 0 aliphatic rings. The van der Waals surface area contributed by atoms with Crippen LogP contribution in [0.15, 0.2) is 12.2 Å². The van der Waals surface area contributed by atoms with E-state index in [1.807, 2.05) is 0 Å². The van der Waals surface area contributed by atoms with Crippen LogP contribution in [-0.2, 0) is 4.79 Å². The fraction of sp³-hybridized carbons (Fsp3) is 0.667. The Morgan fingerprint density at radius 2 is 1.87 bits per heavy atom. The molecule has 88 valence electrons. The van der Waals surface area contributed by atoms with Gasteiger partial charge in [-0.1, -0.05) is 19.1 Å². The van der Waals surface area contributed by atoms with Gasteiger partial charge in [-0.05, 0) is 13.3 Å². The molecule has 0 rings (SSSR count). The highest BCUT2D eigenvalue weighted by atomic mass is 19.4. The molecule has 0 aromatic rings. The third-order valence-corrected chi connectivity index (χ3v) is 2.27. The van der Waals surface area contributed by atoms with Gasteiger partial charge in [-0.3, -0.25) is 0 Å². The van der Waals surface area contributed by atoms with E-state index in [1.165, 1.54) is 13.8 Å². The van der Waals surface area contributed by atoms with Gasteiger partial charge in [0.25, 0.3) is 5.60 Å². The maximum Gasteiger partial charge on any atom is 0.428 e. The van der Waals surface area contributed by atoms with Gasteiger partial charge in [0.1, 0.15) is 0 Å². The van der Waals surface area contributed by atoms with E-state index in [9.17, 15) is 23.1 Å². The molecule has 0 spiro atoms. The van der Waals surface area contributed by atoms with Crippen LogP contribution in [0.5, 0.6) is 0 Å². The van der Waals surface area contributed by atoms with Crippen molar-refractivity contribution in [3.8, 4) is 0 Å². The van der Waals surface area contributed by atoms with E-state index in [4.69, 9.17) is 5.11 Å². The average molecular weight is 226 g/mol. The van der Waals surface area contributed by atoms with Gasteiger partial charge in [-0.2, -0.15) is 13.2 Å². The number of aliphatic carboxylic acids is 1. The Labute approximate surface area is 85.2 Å². The molecule has 0 saturated heterocycles. The molecule has 0 bridgehead atoms. The summed E-state index contributed by atoms with van der Waals surface area (Å²) in [5.74, 6) is -3.85. The van der Waals surface area contributed by atoms with E-state index in [-0.39, 0.29) is 12.0 Å². The highest BCUT2D eigenvalue weighted by Gasteiger charge is 2.64. The van der Waals surface area contributed by atoms with Crippen molar-refractivity contribution in [2.24, 2.45) is 5.92 Å². The molecule has 2 unspecified atom stereocenters. The molecule has 0 fully saturated rings. The van der Waals surface area contributed by atoms with Crippen molar-refractivity contribution in [1.29, 1.82) is 0 Å². The molecule has 0 amide bonds. The Kier molecular flexibility index (Phi) is 3.93. The number of hydrogen-bond acceptors (Lipinski definition) is 2. The van der Waals surface area contributed by atoms with Crippen LogP contribution < -0.4 is 0 Å². The molecule has 2 N–H and O–H groups in total. The first-order valence-corrected chi connectivity index (χ1v) is 4.26. The minimum absolute atomic E-state index is 0.0141. The summed E-state index contributed by atoms with van der Waals surface area (Å²) in [6, 6.07) is 0. The normalized spacial score (nSPS) is 18.0. The van der Waals surface area contributed by atoms with Crippen LogP contribution in [0.1, 0.15) is 20.3 Å². The van der Waals surface area contributed by atoms with E-state index < -0.39 is 23.7 Å². The van der Waals surface area contributed by atoms with Crippen molar-refractivity contribution in [2.75, 3.05) is 0 Å². The highest BCUT2D eigenvalue weighted by Crippen LogP contribution is 2.40. The van der Waals surface area contributed by atoms with Gasteiger partial charge in [0.2, 0.25) is 0 Å². The second-order valence-corrected chi connectivity index (χ2v) is 3.38. The molecule has 0 aliphatic carbocycles. The summed E-state index contributed by atoms with van der Waals surface area (Å²) in [5, 5.41) is 17.8. The summed E-state index contributed by atoms with van der Waals surface area (Å²) in [6.07, 6.45) is -5.38. The summed E-state index contributed by atoms with van der Waals surface area (Å²) in [6.45, 7) is 5.88. The number of carboxylic acid groups (broad SMARTS) is 1. The average Bonchev–Trinajstić information content (AvgIpc) is 2.01. The largest absolute Gasteiger partial charge is 0.479 e. The molecule has 0 aliphatic heterocycles. The zero-order chi connectivity index (χ0) is 12.4. The number of carbonyl (C=O) groups is 1. The van der Waals surface area contributed by atoms with E-state index in [2.05, 4.69) is 6.58 Å². The second-order valence-electron chi connectivity index (χ2n) is 3.38. The van der Waals surface area contributed by atoms with Crippen molar-refractivity contribution < 1.29 is 28.2 Å². The zero-order valence-electron chi connectivity index (χ0n) is 8.43. The van der Waals surface area contributed by atoms with Crippen molar-refractivity contribution in [3.05, 3.63) is 12.2 Å². The van der Waals surface area contributed by atoms with Gasteiger partial charge in [-0.15, -0.1) is 0 Å². The van der Waals surface area contributed by atoms with Gasteiger partial charge in [0.05, 0.1) is 0 Å². The number of carboxylic acids is 1. The fourth-order valence-electron chi connectivity index (χ4n) is 1.47. The number of halogens is 3. The highest BCUT2D eigenvalue weighted by molar-refractivity contribution is 5.79. The number of hydrogen-bond donors (Lipinski definition) is 2. The lowest BCUT2D eigenvalue weighted by atomic mass is 9.80. The predicted octanol–water partition coefficient (Wildman–Crippen LogP) is 1.97. The third kappa shape index (κ3) is 2.31. The standard InChI is InChI=1S/C9H13F3O3/c1-4-6(5(2)3)8(15,7(13)14)9(10,11)12/h6,15H,2,4H2,1,3H3,(H,13,14). The molecule has 0 aromatic heterocycles. The lowest BCUT2D eigenvalue weighted by molar-refractivity contribution is -0.272. The van der Waals surface area contributed by atoms with Crippen LogP contribution >= 0.6 is 0 Å². The Morgan fingerprint density at radius 3 is 1.93 bits per heavy atom. The molecule has 15 heavy (non-hydrogen) atoms. The Balaban J connectivity index is 5.47. The molecule has 6 heteroatoms.